The van der Waals surface area contributed by atoms with Crippen LogP contribution in [-0.2, 0) is 13.7 Å². The molecule has 0 aliphatic heterocycles. The van der Waals surface area contributed by atoms with Gasteiger partial charge in [-0.05, 0) is 45.2 Å². The maximum atomic E-state index is 5.64. The van der Waals surface area contributed by atoms with E-state index in [1.165, 1.54) is 10.3 Å². The molecule has 7 heteroatoms. The van der Waals surface area contributed by atoms with Crippen molar-refractivity contribution >= 4 is 33.8 Å². The Balaban J connectivity index is 1.58. The Labute approximate surface area is 173 Å². The minimum absolute atomic E-state index is 0.170. The quantitative estimate of drug-likeness (QED) is 0.425. The number of thiazole rings is 1. The van der Waals surface area contributed by atoms with E-state index in [9.17, 15) is 0 Å². The van der Waals surface area contributed by atoms with Crippen LogP contribution in [0, 0.1) is 11.7 Å². The van der Waals surface area contributed by atoms with Gasteiger partial charge in [0.2, 0.25) is 0 Å². The SMILES string of the molecule is Cc1ccc(-c2nn(CN(C)C(C)c3nc4ccccc4s3)c(=S)n2C)cc1. The third-order valence-corrected chi connectivity index (χ3v) is 6.73. The molecule has 144 valence electrons. The Bertz CT molecular complexity index is 1140. The second-order valence-corrected chi connectivity index (χ2v) is 8.55. The van der Waals surface area contributed by atoms with Gasteiger partial charge in [-0.15, -0.1) is 11.3 Å². The van der Waals surface area contributed by atoms with E-state index < -0.39 is 0 Å². The highest BCUT2D eigenvalue weighted by atomic mass is 32.1. The Kier molecular flexibility index (Phi) is 5.14. The summed E-state index contributed by atoms with van der Waals surface area (Å²) in [5.41, 5.74) is 3.35. The molecule has 28 heavy (non-hydrogen) atoms. The molecule has 4 rings (SSSR count). The summed E-state index contributed by atoms with van der Waals surface area (Å²) in [7, 11) is 4.05. The van der Waals surface area contributed by atoms with Crippen molar-refractivity contribution in [2.24, 2.45) is 7.05 Å². The van der Waals surface area contributed by atoms with Crippen molar-refractivity contribution in [1.82, 2.24) is 24.2 Å². The van der Waals surface area contributed by atoms with Gasteiger partial charge in [-0.2, -0.15) is 5.10 Å². The number of hydrogen-bond acceptors (Lipinski definition) is 5. The van der Waals surface area contributed by atoms with Crippen molar-refractivity contribution in [2.75, 3.05) is 7.05 Å². The number of benzene rings is 2. The lowest BCUT2D eigenvalue weighted by Gasteiger charge is -2.22. The van der Waals surface area contributed by atoms with Gasteiger partial charge < -0.3 is 4.57 Å². The molecule has 2 aromatic heterocycles. The van der Waals surface area contributed by atoms with Crippen LogP contribution in [-0.4, -0.2) is 31.3 Å². The van der Waals surface area contributed by atoms with Gasteiger partial charge >= 0.3 is 0 Å². The van der Waals surface area contributed by atoms with Crippen LogP contribution >= 0.6 is 23.6 Å². The summed E-state index contributed by atoms with van der Waals surface area (Å²) in [6.45, 7) is 4.86. The van der Waals surface area contributed by atoms with Gasteiger partial charge in [0.15, 0.2) is 10.6 Å². The first-order valence-corrected chi connectivity index (χ1v) is 10.4. The fraction of sp³-hybridized carbons (Fsp3) is 0.286. The molecule has 2 heterocycles. The standard InChI is InChI=1S/C21H23N5S2/c1-14-9-11-16(12-10-14)19-23-26(21(27)25(19)4)13-24(3)15(2)20-22-17-7-5-6-8-18(17)28-20/h5-12,15H,13H2,1-4H3. The van der Waals surface area contributed by atoms with E-state index in [1.807, 2.05) is 22.4 Å². The number of nitrogens with zero attached hydrogens (tertiary/aromatic N) is 5. The van der Waals surface area contributed by atoms with Crippen LogP contribution in [0.15, 0.2) is 48.5 Å². The van der Waals surface area contributed by atoms with Crippen LogP contribution < -0.4 is 0 Å². The molecule has 2 aromatic carbocycles. The molecule has 4 aromatic rings. The van der Waals surface area contributed by atoms with Crippen molar-refractivity contribution in [1.29, 1.82) is 0 Å². The molecule has 0 aliphatic rings. The zero-order valence-electron chi connectivity index (χ0n) is 16.5. The number of aromatic nitrogens is 4. The van der Waals surface area contributed by atoms with Gasteiger partial charge in [-0.1, -0.05) is 42.0 Å². The van der Waals surface area contributed by atoms with Gasteiger partial charge in [0.05, 0.1) is 22.9 Å². The number of hydrogen-bond donors (Lipinski definition) is 0. The van der Waals surface area contributed by atoms with Crippen molar-refractivity contribution < 1.29 is 0 Å². The van der Waals surface area contributed by atoms with Crippen molar-refractivity contribution in [2.45, 2.75) is 26.6 Å². The largest absolute Gasteiger partial charge is 0.303 e. The first-order chi connectivity index (χ1) is 13.4. The lowest BCUT2D eigenvalue weighted by atomic mass is 10.1. The summed E-state index contributed by atoms with van der Waals surface area (Å²) in [6, 6.07) is 16.8. The Morgan fingerprint density at radius 3 is 2.57 bits per heavy atom. The molecule has 0 radical (unpaired) electrons. The average Bonchev–Trinajstić information content (AvgIpc) is 3.25. The fourth-order valence-corrected chi connectivity index (χ4v) is 4.39. The maximum Gasteiger partial charge on any atom is 0.199 e. The molecular weight excluding hydrogens is 386 g/mol. The highest BCUT2D eigenvalue weighted by Gasteiger charge is 2.18. The van der Waals surface area contributed by atoms with E-state index in [-0.39, 0.29) is 6.04 Å². The van der Waals surface area contributed by atoms with Crippen LogP contribution in [0.5, 0.6) is 0 Å². The zero-order chi connectivity index (χ0) is 19.8. The molecule has 0 amide bonds. The van der Waals surface area contributed by atoms with E-state index >= 15 is 0 Å². The molecule has 5 nitrogen and oxygen atoms in total. The topological polar surface area (TPSA) is 38.9 Å². The summed E-state index contributed by atoms with van der Waals surface area (Å²) in [4.78, 5) is 7.01. The summed E-state index contributed by atoms with van der Waals surface area (Å²) in [5, 5.41) is 5.89. The van der Waals surface area contributed by atoms with Gasteiger partial charge in [0, 0.05) is 12.6 Å². The minimum atomic E-state index is 0.170. The number of para-hydroxylation sites is 1. The van der Waals surface area contributed by atoms with Crippen LogP contribution in [0.2, 0.25) is 0 Å². The Hall–Kier alpha value is -2.35. The molecule has 0 fully saturated rings. The first kappa shape index (κ1) is 19.0. The van der Waals surface area contributed by atoms with Gasteiger partial charge in [0.25, 0.3) is 0 Å². The zero-order valence-corrected chi connectivity index (χ0v) is 18.1. The highest BCUT2D eigenvalue weighted by Crippen LogP contribution is 2.29. The van der Waals surface area contributed by atoms with E-state index in [1.54, 1.807) is 11.3 Å². The molecule has 0 spiro atoms. The van der Waals surface area contributed by atoms with Crippen molar-refractivity contribution in [3.63, 3.8) is 0 Å². The summed E-state index contributed by atoms with van der Waals surface area (Å²) in [5.74, 6) is 0.881. The van der Waals surface area contributed by atoms with Gasteiger partial charge in [-0.25, -0.2) is 9.67 Å². The second-order valence-electron chi connectivity index (χ2n) is 7.12. The molecule has 0 N–H and O–H groups in total. The predicted octanol–water partition coefficient (Wildman–Crippen LogP) is 5.19. The maximum absolute atomic E-state index is 5.64. The van der Waals surface area contributed by atoms with Crippen molar-refractivity contribution in [3.05, 3.63) is 63.9 Å². The van der Waals surface area contributed by atoms with Crippen LogP contribution in [0.4, 0.5) is 0 Å². The smallest absolute Gasteiger partial charge is 0.199 e. The summed E-state index contributed by atoms with van der Waals surface area (Å²) < 4.78 is 5.78. The average molecular weight is 410 g/mol. The minimum Gasteiger partial charge on any atom is -0.303 e. The molecule has 1 unspecified atom stereocenters. The number of fused-ring (bicyclic) bond motifs is 1. The summed E-state index contributed by atoms with van der Waals surface area (Å²) >= 11 is 7.38. The van der Waals surface area contributed by atoms with Crippen LogP contribution in [0.1, 0.15) is 23.5 Å². The summed E-state index contributed by atoms with van der Waals surface area (Å²) in [6.07, 6.45) is 0. The normalized spacial score (nSPS) is 12.8. The van der Waals surface area contributed by atoms with Crippen LogP contribution in [0.25, 0.3) is 21.6 Å². The highest BCUT2D eigenvalue weighted by molar-refractivity contribution is 7.71. The van der Waals surface area contributed by atoms with Gasteiger partial charge in [-0.3, -0.25) is 4.90 Å². The molecule has 0 bridgehead atoms. The third kappa shape index (κ3) is 3.53. The second kappa shape index (κ2) is 7.58. The molecule has 0 saturated heterocycles. The fourth-order valence-electron chi connectivity index (χ4n) is 3.13. The molecule has 0 saturated carbocycles. The van der Waals surface area contributed by atoms with E-state index in [0.29, 0.717) is 11.4 Å². The molecule has 1 atom stereocenters. The Morgan fingerprint density at radius 1 is 1.14 bits per heavy atom. The van der Waals surface area contributed by atoms with E-state index in [0.717, 1.165) is 21.9 Å². The molecule has 0 aliphatic carbocycles. The van der Waals surface area contributed by atoms with Crippen molar-refractivity contribution in [3.8, 4) is 11.4 Å². The number of rotatable bonds is 5. The van der Waals surface area contributed by atoms with Gasteiger partial charge in [0.1, 0.15) is 5.01 Å². The monoisotopic (exact) mass is 409 g/mol. The Morgan fingerprint density at radius 2 is 1.86 bits per heavy atom. The third-order valence-electron chi connectivity index (χ3n) is 5.04. The van der Waals surface area contributed by atoms with E-state index in [2.05, 4.69) is 68.3 Å². The number of aryl methyl sites for hydroxylation is 1. The lowest BCUT2D eigenvalue weighted by molar-refractivity contribution is 0.194. The first-order valence-electron chi connectivity index (χ1n) is 9.20. The van der Waals surface area contributed by atoms with Crippen LogP contribution in [0.3, 0.4) is 0 Å². The molecular formula is C21H23N5S2. The van der Waals surface area contributed by atoms with E-state index in [4.69, 9.17) is 22.3 Å². The lowest BCUT2D eigenvalue weighted by Crippen LogP contribution is -2.26. The predicted molar refractivity (Wildman–Crippen MR) is 118 cm³/mol.